The number of amides is 2. The molecule has 0 saturated carbocycles. The van der Waals surface area contributed by atoms with Crippen molar-refractivity contribution >= 4 is 38.6 Å². The van der Waals surface area contributed by atoms with E-state index in [1.807, 2.05) is 0 Å². The van der Waals surface area contributed by atoms with Gasteiger partial charge in [0.15, 0.2) is 6.61 Å². The second-order valence-corrected chi connectivity index (χ2v) is 8.15. The highest BCUT2D eigenvalue weighted by atomic mass is 32.2. The standard InChI is InChI=1S/C20H16F3N3O6S/c1-31-19(28)26-33(29,30)13-7-5-12(6-8-13)25-17(27)11-32-16-9-10-24-18-14(16)3-2-4-15(18)20(21,22)23/h2-10H,11H2,1H3,(H,25,27)(H,26,28). The number of hydrogen-bond acceptors (Lipinski definition) is 7. The van der Waals surface area contributed by atoms with E-state index in [-0.39, 0.29) is 27.2 Å². The van der Waals surface area contributed by atoms with Crippen molar-refractivity contribution in [2.24, 2.45) is 0 Å². The Bertz CT molecular complexity index is 1290. The molecule has 174 valence electrons. The van der Waals surface area contributed by atoms with E-state index in [9.17, 15) is 31.2 Å². The van der Waals surface area contributed by atoms with Gasteiger partial charge in [0.1, 0.15) is 5.75 Å². The van der Waals surface area contributed by atoms with E-state index in [1.54, 1.807) is 4.72 Å². The number of methoxy groups -OCH3 is 1. The molecule has 0 radical (unpaired) electrons. The molecule has 0 atom stereocenters. The van der Waals surface area contributed by atoms with Crippen molar-refractivity contribution in [3.8, 4) is 5.75 Å². The first kappa shape index (κ1) is 23.8. The maximum atomic E-state index is 13.2. The highest BCUT2D eigenvalue weighted by molar-refractivity contribution is 7.90. The predicted octanol–water partition coefficient (Wildman–Crippen LogP) is 3.32. The summed E-state index contributed by atoms with van der Waals surface area (Å²) in [6.07, 6.45) is -4.61. The molecule has 0 bridgehead atoms. The lowest BCUT2D eigenvalue weighted by Gasteiger charge is -2.13. The van der Waals surface area contributed by atoms with Crippen LogP contribution in [-0.2, 0) is 25.7 Å². The number of anilines is 1. The van der Waals surface area contributed by atoms with Gasteiger partial charge >= 0.3 is 12.3 Å². The van der Waals surface area contributed by atoms with Crippen LogP contribution in [0.15, 0.2) is 59.6 Å². The first-order chi connectivity index (χ1) is 15.5. The number of rotatable bonds is 6. The van der Waals surface area contributed by atoms with Gasteiger partial charge in [0, 0.05) is 17.3 Å². The van der Waals surface area contributed by atoms with E-state index in [0.29, 0.717) is 0 Å². The molecule has 3 rings (SSSR count). The third-order valence-corrected chi connectivity index (χ3v) is 5.57. The summed E-state index contributed by atoms with van der Waals surface area (Å²) in [6.45, 7) is -0.528. The molecule has 0 aliphatic rings. The van der Waals surface area contributed by atoms with Crippen LogP contribution in [0.3, 0.4) is 0 Å². The fourth-order valence-corrected chi connectivity index (χ4v) is 3.69. The third kappa shape index (κ3) is 5.68. The molecule has 0 unspecified atom stereocenters. The van der Waals surface area contributed by atoms with Crippen LogP contribution in [-0.4, -0.2) is 39.1 Å². The molecule has 3 aromatic rings. The third-order valence-electron chi connectivity index (χ3n) is 4.25. The van der Waals surface area contributed by atoms with Crippen molar-refractivity contribution in [2.75, 3.05) is 19.0 Å². The number of para-hydroxylation sites is 1. The number of carbonyl (C=O) groups is 2. The topological polar surface area (TPSA) is 124 Å². The maximum Gasteiger partial charge on any atom is 0.420 e. The fraction of sp³-hybridized carbons (Fsp3) is 0.150. The van der Waals surface area contributed by atoms with E-state index < -0.39 is 40.4 Å². The highest BCUT2D eigenvalue weighted by Gasteiger charge is 2.33. The van der Waals surface area contributed by atoms with Crippen molar-refractivity contribution in [3.63, 3.8) is 0 Å². The fourth-order valence-electron chi connectivity index (χ4n) is 2.77. The van der Waals surface area contributed by atoms with Gasteiger partial charge in [0.25, 0.3) is 15.9 Å². The molecule has 2 N–H and O–H groups in total. The molecule has 1 heterocycles. The van der Waals surface area contributed by atoms with E-state index in [1.165, 1.54) is 30.3 Å². The minimum Gasteiger partial charge on any atom is -0.483 e. The summed E-state index contributed by atoms with van der Waals surface area (Å²) in [5, 5.41) is 2.55. The number of carbonyl (C=O) groups excluding carboxylic acids is 2. The van der Waals surface area contributed by atoms with Crippen molar-refractivity contribution in [3.05, 3.63) is 60.3 Å². The molecule has 0 aliphatic heterocycles. The van der Waals surface area contributed by atoms with E-state index in [0.717, 1.165) is 31.5 Å². The van der Waals surface area contributed by atoms with Gasteiger partial charge < -0.3 is 14.8 Å². The minimum atomic E-state index is -4.60. The summed E-state index contributed by atoms with van der Waals surface area (Å²) in [7, 11) is -3.14. The number of sulfonamides is 1. The normalized spacial score (nSPS) is 11.6. The second-order valence-electron chi connectivity index (χ2n) is 6.47. The van der Waals surface area contributed by atoms with Crippen LogP contribution in [0.25, 0.3) is 10.9 Å². The molecule has 9 nitrogen and oxygen atoms in total. The van der Waals surface area contributed by atoms with E-state index in [4.69, 9.17) is 4.74 Å². The van der Waals surface area contributed by atoms with Crippen LogP contribution in [0.2, 0.25) is 0 Å². The Morgan fingerprint density at radius 1 is 1.06 bits per heavy atom. The van der Waals surface area contributed by atoms with Crippen LogP contribution in [0.5, 0.6) is 5.75 Å². The second kappa shape index (κ2) is 9.32. The number of halogens is 3. The van der Waals surface area contributed by atoms with E-state index >= 15 is 0 Å². The average Bonchev–Trinajstić information content (AvgIpc) is 2.76. The number of hydrogen-bond donors (Lipinski definition) is 2. The predicted molar refractivity (Wildman–Crippen MR) is 110 cm³/mol. The summed E-state index contributed by atoms with van der Waals surface area (Å²) in [6, 6.07) is 9.70. The average molecular weight is 483 g/mol. The quantitative estimate of drug-likeness (QED) is 0.551. The first-order valence-electron chi connectivity index (χ1n) is 9.09. The number of aromatic nitrogens is 1. The summed E-state index contributed by atoms with van der Waals surface area (Å²) < 4.78 is 74.8. The number of nitrogens with zero attached hydrogens (tertiary/aromatic N) is 1. The van der Waals surface area contributed by atoms with Gasteiger partial charge in [-0.15, -0.1) is 0 Å². The summed E-state index contributed by atoms with van der Waals surface area (Å²) in [5.41, 5.74) is -1.01. The van der Waals surface area contributed by atoms with Gasteiger partial charge in [0.2, 0.25) is 0 Å². The molecule has 0 fully saturated rings. The monoisotopic (exact) mass is 483 g/mol. The van der Waals surface area contributed by atoms with Crippen molar-refractivity contribution in [1.29, 1.82) is 0 Å². The van der Waals surface area contributed by atoms with Gasteiger partial charge in [0.05, 0.1) is 23.1 Å². The molecule has 0 saturated heterocycles. The number of fused-ring (bicyclic) bond motifs is 1. The van der Waals surface area contributed by atoms with Crippen molar-refractivity contribution in [2.45, 2.75) is 11.1 Å². The Balaban J connectivity index is 1.68. The SMILES string of the molecule is COC(=O)NS(=O)(=O)c1ccc(NC(=O)COc2ccnc3c(C(F)(F)F)cccc23)cc1. The molecule has 0 spiro atoms. The molecule has 0 aliphatic carbocycles. The number of ether oxygens (including phenoxy) is 2. The Kier molecular flexibility index (Phi) is 6.72. The summed E-state index contributed by atoms with van der Waals surface area (Å²) >= 11 is 0. The molecule has 1 aromatic heterocycles. The molecule has 2 aromatic carbocycles. The van der Waals surface area contributed by atoms with Crippen LogP contribution < -0.4 is 14.8 Å². The molecule has 13 heteroatoms. The van der Waals surface area contributed by atoms with Gasteiger partial charge in [-0.25, -0.2) is 17.9 Å². The highest BCUT2D eigenvalue weighted by Crippen LogP contribution is 2.36. The Hall–Kier alpha value is -3.87. The van der Waals surface area contributed by atoms with Crippen molar-refractivity contribution < 1.29 is 40.7 Å². The zero-order valence-corrected chi connectivity index (χ0v) is 17.7. The largest absolute Gasteiger partial charge is 0.483 e. The Morgan fingerprint density at radius 2 is 1.76 bits per heavy atom. The number of pyridine rings is 1. The first-order valence-corrected chi connectivity index (χ1v) is 10.6. The molecular formula is C20H16F3N3O6S. The zero-order valence-electron chi connectivity index (χ0n) is 16.8. The minimum absolute atomic E-state index is 0.0385. The maximum absolute atomic E-state index is 13.2. The van der Waals surface area contributed by atoms with E-state index in [2.05, 4.69) is 15.0 Å². The van der Waals surface area contributed by atoms with Gasteiger partial charge in [-0.1, -0.05) is 6.07 Å². The number of benzene rings is 2. The van der Waals surface area contributed by atoms with Crippen LogP contribution in [0.1, 0.15) is 5.56 Å². The van der Waals surface area contributed by atoms with Gasteiger partial charge in [-0.3, -0.25) is 9.78 Å². The lowest BCUT2D eigenvalue weighted by molar-refractivity contribution is -0.136. The van der Waals surface area contributed by atoms with Crippen molar-refractivity contribution in [1.82, 2.24) is 9.71 Å². The number of alkyl halides is 3. The zero-order chi connectivity index (χ0) is 24.2. The van der Waals surface area contributed by atoms with Gasteiger partial charge in [-0.2, -0.15) is 13.2 Å². The van der Waals surface area contributed by atoms with Crippen LogP contribution >= 0.6 is 0 Å². The molecule has 33 heavy (non-hydrogen) atoms. The molecular weight excluding hydrogens is 467 g/mol. The van der Waals surface area contributed by atoms with Gasteiger partial charge in [-0.05, 0) is 42.5 Å². The summed E-state index contributed by atoms with van der Waals surface area (Å²) in [5.74, 6) is -0.605. The lowest BCUT2D eigenvalue weighted by atomic mass is 10.1. The van der Waals surface area contributed by atoms with Crippen LogP contribution in [0.4, 0.5) is 23.7 Å². The molecule has 2 amide bonds. The smallest absolute Gasteiger partial charge is 0.420 e. The van der Waals surface area contributed by atoms with Crippen LogP contribution in [0, 0.1) is 0 Å². The Morgan fingerprint density at radius 3 is 2.39 bits per heavy atom. The summed E-state index contributed by atoms with van der Waals surface area (Å²) in [4.78, 5) is 26.8. The Labute approximate surface area is 185 Å². The lowest BCUT2D eigenvalue weighted by Crippen LogP contribution is -2.30. The number of nitrogens with one attached hydrogen (secondary N) is 2.